The quantitative estimate of drug-likeness (QED) is 0.436. The lowest BCUT2D eigenvalue weighted by Gasteiger charge is -2.01. The summed E-state index contributed by atoms with van der Waals surface area (Å²) in [6.45, 7) is 2.39. The van der Waals surface area contributed by atoms with Gasteiger partial charge in [0.25, 0.3) is 0 Å². The van der Waals surface area contributed by atoms with Gasteiger partial charge in [0.15, 0.2) is 0 Å². The first-order chi connectivity index (χ1) is 3.18. The summed E-state index contributed by atoms with van der Waals surface area (Å²) in [5, 5.41) is 0. The van der Waals surface area contributed by atoms with E-state index in [2.05, 4.69) is 0 Å². The molecule has 0 spiro atoms. The van der Waals surface area contributed by atoms with E-state index in [4.69, 9.17) is 4.55 Å². The van der Waals surface area contributed by atoms with Crippen LogP contribution in [0.4, 0.5) is 0 Å². The van der Waals surface area contributed by atoms with Gasteiger partial charge in [0.2, 0.25) is 11.3 Å². The highest BCUT2D eigenvalue weighted by Gasteiger charge is 1.99. The van der Waals surface area contributed by atoms with Crippen molar-refractivity contribution in [1.82, 2.24) is 2.52 Å². The van der Waals surface area contributed by atoms with Gasteiger partial charge in [-0.25, -0.2) is 4.21 Å². The molecule has 0 saturated heterocycles. The predicted octanol–water partition coefficient (Wildman–Crippen LogP) is 0.795. The molecular weight excluding hydrogens is 229 g/mol. The minimum Gasteiger partial charge on any atom is -0.293 e. The van der Waals surface area contributed by atoms with Gasteiger partial charge in [-0.2, -0.15) is 0 Å². The minimum atomic E-state index is -1.79. The molecule has 0 bridgehead atoms. The van der Waals surface area contributed by atoms with Crippen LogP contribution in [0.3, 0.4) is 0 Å². The minimum absolute atomic E-state index is 0.587. The van der Waals surface area contributed by atoms with E-state index in [0.717, 1.165) is 0 Å². The second-order valence-electron chi connectivity index (χ2n) is 0.865. The van der Waals surface area contributed by atoms with E-state index >= 15 is 0 Å². The Balaban J connectivity index is 3.34. The van der Waals surface area contributed by atoms with Crippen LogP contribution in [0.2, 0.25) is 0 Å². The molecule has 0 saturated carbocycles. The van der Waals surface area contributed by atoms with E-state index in [9.17, 15) is 4.21 Å². The first-order valence-corrected chi connectivity index (χ1v) is 3.75. The van der Waals surface area contributed by atoms with Crippen LogP contribution in [0, 0.1) is 0 Å². The maximum Gasteiger partial charge on any atom is 0.243 e. The molecule has 7 heavy (non-hydrogen) atoms. The fraction of sp³-hybridized carbons (Fsp3) is 1.00. The summed E-state index contributed by atoms with van der Waals surface area (Å²) in [6.07, 6.45) is 0. The van der Waals surface area contributed by atoms with Crippen molar-refractivity contribution in [2.75, 3.05) is 6.54 Å². The Hall–Kier alpha value is 0.800. The SMILES string of the molecule is CCN(I)S(=O)O. The van der Waals surface area contributed by atoms with Crippen LogP contribution in [0.5, 0.6) is 0 Å². The normalized spacial score (nSPS) is 14.9. The summed E-state index contributed by atoms with van der Waals surface area (Å²) in [7, 11) is 0. The molecule has 0 aromatic heterocycles. The van der Waals surface area contributed by atoms with Gasteiger partial charge in [0.1, 0.15) is 0 Å². The van der Waals surface area contributed by atoms with Crippen LogP contribution in [-0.2, 0) is 11.3 Å². The molecule has 0 fully saturated rings. The largest absolute Gasteiger partial charge is 0.293 e. The lowest BCUT2D eigenvalue weighted by atomic mass is 10.8. The molecular formula is C2H6INO2S. The van der Waals surface area contributed by atoms with Crippen LogP contribution in [0.25, 0.3) is 0 Å². The summed E-state index contributed by atoms with van der Waals surface area (Å²) in [5.74, 6) is 0. The fourth-order valence-electron chi connectivity index (χ4n) is 0.110. The number of halogens is 1. The fourth-order valence-corrected chi connectivity index (χ4v) is 0.331. The molecule has 0 aliphatic carbocycles. The number of hydrogen-bond donors (Lipinski definition) is 1. The number of hydrogen-bond acceptors (Lipinski definition) is 1. The first kappa shape index (κ1) is 7.80. The molecule has 0 amide bonds. The van der Waals surface area contributed by atoms with Crippen molar-refractivity contribution in [3.05, 3.63) is 0 Å². The van der Waals surface area contributed by atoms with E-state index in [1.165, 1.54) is 2.52 Å². The van der Waals surface area contributed by atoms with Crippen molar-refractivity contribution in [2.24, 2.45) is 0 Å². The van der Waals surface area contributed by atoms with Gasteiger partial charge in [0.05, 0.1) is 0 Å². The third kappa shape index (κ3) is 3.39. The molecule has 1 N–H and O–H groups in total. The standard InChI is InChI=1S/C2H6INO2S/c1-2-4(3)7(5)6/h2H2,1H3,(H,5,6). The smallest absolute Gasteiger partial charge is 0.243 e. The molecule has 5 heteroatoms. The van der Waals surface area contributed by atoms with Crippen LogP contribution >= 0.6 is 22.9 Å². The summed E-state index contributed by atoms with van der Waals surface area (Å²) in [6, 6.07) is 0. The van der Waals surface area contributed by atoms with Crippen LogP contribution in [-0.4, -0.2) is 17.8 Å². The molecule has 0 aliphatic heterocycles. The Kier molecular flexibility index (Phi) is 4.19. The highest BCUT2D eigenvalue weighted by atomic mass is 127. The van der Waals surface area contributed by atoms with E-state index in [-0.39, 0.29) is 0 Å². The average molecular weight is 235 g/mol. The highest BCUT2D eigenvalue weighted by molar-refractivity contribution is 14.1. The average Bonchev–Trinajstić information content (AvgIpc) is 1.65. The molecule has 0 heterocycles. The monoisotopic (exact) mass is 235 g/mol. The van der Waals surface area contributed by atoms with Gasteiger partial charge < -0.3 is 0 Å². The summed E-state index contributed by atoms with van der Waals surface area (Å²) in [5.41, 5.74) is 0. The summed E-state index contributed by atoms with van der Waals surface area (Å²) >= 11 is -0.0117. The molecule has 0 aromatic rings. The topological polar surface area (TPSA) is 40.5 Å². The molecule has 0 aromatic carbocycles. The van der Waals surface area contributed by atoms with Crippen molar-refractivity contribution in [3.63, 3.8) is 0 Å². The van der Waals surface area contributed by atoms with Crippen molar-refractivity contribution in [2.45, 2.75) is 6.92 Å². The van der Waals surface area contributed by atoms with Gasteiger partial charge in [-0.05, 0) is 0 Å². The van der Waals surface area contributed by atoms with Crippen molar-refractivity contribution in [3.8, 4) is 0 Å². The van der Waals surface area contributed by atoms with E-state index in [1.54, 1.807) is 29.8 Å². The zero-order chi connectivity index (χ0) is 5.86. The molecule has 3 nitrogen and oxygen atoms in total. The summed E-state index contributed by atoms with van der Waals surface area (Å²) in [4.78, 5) is 0. The van der Waals surface area contributed by atoms with Crippen molar-refractivity contribution in [1.29, 1.82) is 0 Å². The molecule has 1 unspecified atom stereocenters. The zero-order valence-electron chi connectivity index (χ0n) is 3.80. The molecule has 0 radical (unpaired) electrons. The second kappa shape index (κ2) is 3.76. The molecule has 0 rings (SSSR count). The third-order valence-corrected chi connectivity index (χ3v) is 2.71. The Morgan fingerprint density at radius 1 is 2.00 bits per heavy atom. The Labute approximate surface area is 59.0 Å². The Morgan fingerprint density at radius 2 is 2.43 bits per heavy atom. The van der Waals surface area contributed by atoms with E-state index in [0.29, 0.717) is 6.54 Å². The molecule has 1 atom stereocenters. The predicted molar refractivity (Wildman–Crippen MR) is 37.2 cm³/mol. The number of nitrogens with zero attached hydrogens (tertiary/aromatic N) is 1. The van der Waals surface area contributed by atoms with Gasteiger partial charge in [-0.1, -0.05) is 6.92 Å². The van der Waals surface area contributed by atoms with Gasteiger partial charge in [-0.15, -0.1) is 2.52 Å². The van der Waals surface area contributed by atoms with Gasteiger partial charge >= 0.3 is 0 Å². The van der Waals surface area contributed by atoms with Gasteiger partial charge in [0, 0.05) is 29.4 Å². The molecule has 0 aliphatic rings. The molecule has 44 valence electrons. The van der Waals surface area contributed by atoms with Crippen LogP contribution < -0.4 is 0 Å². The number of rotatable bonds is 2. The van der Waals surface area contributed by atoms with E-state index < -0.39 is 11.3 Å². The van der Waals surface area contributed by atoms with Gasteiger partial charge in [-0.3, -0.25) is 4.55 Å². The van der Waals surface area contributed by atoms with E-state index in [1.807, 2.05) is 0 Å². The second-order valence-corrected chi connectivity index (χ2v) is 3.59. The zero-order valence-corrected chi connectivity index (χ0v) is 6.77. The third-order valence-electron chi connectivity index (χ3n) is 0.418. The maximum atomic E-state index is 9.96. The lowest BCUT2D eigenvalue weighted by Crippen LogP contribution is -2.11. The Bertz CT molecular complexity index is 78.1. The van der Waals surface area contributed by atoms with Crippen LogP contribution in [0.15, 0.2) is 0 Å². The van der Waals surface area contributed by atoms with Crippen molar-refractivity contribution >= 4 is 34.1 Å². The maximum absolute atomic E-state index is 9.96. The van der Waals surface area contributed by atoms with Crippen molar-refractivity contribution < 1.29 is 8.76 Å². The van der Waals surface area contributed by atoms with Crippen LogP contribution in [0.1, 0.15) is 6.92 Å². The lowest BCUT2D eigenvalue weighted by molar-refractivity contribution is 0.526. The first-order valence-electron chi connectivity index (χ1n) is 1.72. The highest BCUT2D eigenvalue weighted by Crippen LogP contribution is 1.98. The summed E-state index contributed by atoms with van der Waals surface area (Å²) < 4.78 is 19.5. The Morgan fingerprint density at radius 3 is 2.43 bits per heavy atom.